The van der Waals surface area contributed by atoms with E-state index in [0.717, 1.165) is 5.71 Å². The van der Waals surface area contributed by atoms with Gasteiger partial charge < -0.3 is 16.1 Å². The van der Waals surface area contributed by atoms with E-state index in [9.17, 15) is 9.59 Å². The summed E-state index contributed by atoms with van der Waals surface area (Å²) in [4.78, 5) is 27.2. The Morgan fingerprint density at radius 1 is 1.03 bits per heavy atom. The number of rotatable bonds is 6. The zero-order valence-corrected chi connectivity index (χ0v) is 19.1. The number of nitrogens with one attached hydrogen (secondary N) is 1. The van der Waals surface area contributed by atoms with Crippen molar-refractivity contribution in [2.75, 3.05) is 19.0 Å². The van der Waals surface area contributed by atoms with Crippen LogP contribution in [0.15, 0.2) is 77.9 Å². The van der Waals surface area contributed by atoms with Crippen molar-refractivity contribution in [2.45, 2.75) is 12.1 Å². The molecule has 0 bridgehead atoms. The van der Waals surface area contributed by atoms with E-state index in [1.807, 2.05) is 14.1 Å². The summed E-state index contributed by atoms with van der Waals surface area (Å²) in [7, 11) is 3.65. The maximum atomic E-state index is 13.5. The highest BCUT2D eigenvalue weighted by Crippen LogP contribution is 2.32. The minimum atomic E-state index is -1.10. The van der Waals surface area contributed by atoms with Crippen molar-refractivity contribution in [3.05, 3.63) is 88.4 Å². The number of amides is 3. The van der Waals surface area contributed by atoms with E-state index in [2.05, 4.69) is 10.4 Å². The average Bonchev–Trinajstić information content (AvgIpc) is 2.74. The monoisotopic (exact) mass is 471 g/mol. The van der Waals surface area contributed by atoms with E-state index < -0.39 is 24.0 Å². The molecule has 2 aromatic rings. The first kappa shape index (κ1) is 23.4. The molecule has 0 aromatic heterocycles. The number of primary amides is 1. The second-order valence-corrected chi connectivity index (χ2v) is 8.08. The molecule has 32 heavy (non-hydrogen) atoms. The number of nitrogens with zero attached hydrogens (tertiary/aromatic N) is 3. The van der Waals surface area contributed by atoms with Gasteiger partial charge in [-0.1, -0.05) is 53.6 Å². The highest BCUT2D eigenvalue weighted by Gasteiger charge is 2.33. The predicted molar refractivity (Wildman–Crippen MR) is 129 cm³/mol. The molecular weight excluding hydrogens is 449 g/mol. The molecule has 0 spiro atoms. The summed E-state index contributed by atoms with van der Waals surface area (Å²) in [5.74, 6) is -0.445. The van der Waals surface area contributed by atoms with E-state index in [1.54, 1.807) is 77.8 Å². The fraction of sp³-hybridized carbons (Fsp3) is 0.174. The molecule has 3 N–H and O–H groups in total. The van der Waals surface area contributed by atoms with Gasteiger partial charge >= 0.3 is 6.03 Å². The highest BCUT2D eigenvalue weighted by atomic mass is 35.5. The number of halogens is 2. The van der Waals surface area contributed by atoms with Crippen molar-refractivity contribution in [1.29, 1.82) is 0 Å². The maximum Gasteiger partial charge on any atom is 0.320 e. The Labute approximate surface area is 196 Å². The molecule has 1 aliphatic carbocycles. The van der Waals surface area contributed by atoms with Gasteiger partial charge in [0.05, 0.1) is 11.8 Å². The molecule has 1 atom stereocenters. The number of allylic oxidation sites excluding steroid dienone is 2. The topological polar surface area (TPSA) is 91.0 Å². The van der Waals surface area contributed by atoms with Gasteiger partial charge in [-0.3, -0.25) is 9.69 Å². The van der Waals surface area contributed by atoms with E-state index in [1.165, 1.54) is 4.90 Å². The molecule has 9 heteroatoms. The number of urea groups is 1. The quantitative estimate of drug-likeness (QED) is 0.619. The standard InChI is InChI=1S/C23H23Cl2N5O2/c1-29(2)28-17-11-9-16(10-12-17)27-22(31)21(19-5-3-4-6-20(19)25)30(23(26)32)18-13-7-15(24)8-14-18/h3-14,16,21H,1-2H3,(H2,26,32)(H,27,31). The first-order valence-electron chi connectivity index (χ1n) is 9.77. The number of hydrazone groups is 1. The van der Waals surface area contributed by atoms with E-state index in [4.69, 9.17) is 28.9 Å². The zero-order chi connectivity index (χ0) is 23.3. The van der Waals surface area contributed by atoms with Crippen LogP contribution in [-0.2, 0) is 4.79 Å². The molecule has 0 saturated heterocycles. The molecule has 7 nitrogen and oxygen atoms in total. The smallest absolute Gasteiger partial charge is 0.320 e. The molecular formula is C23H23Cl2N5O2. The number of nitrogens with two attached hydrogens (primary N) is 1. The van der Waals surface area contributed by atoms with E-state index >= 15 is 0 Å². The summed E-state index contributed by atoms with van der Waals surface area (Å²) in [5.41, 5.74) is 7.32. The minimum Gasteiger partial charge on any atom is -0.351 e. The molecule has 0 saturated carbocycles. The van der Waals surface area contributed by atoms with Crippen LogP contribution in [0.1, 0.15) is 11.6 Å². The summed E-state index contributed by atoms with van der Waals surface area (Å²) in [6, 6.07) is 11.0. The third kappa shape index (κ3) is 5.69. The van der Waals surface area contributed by atoms with Gasteiger partial charge in [-0.25, -0.2) is 4.79 Å². The van der Waals surface area contributed by atoms with Gasteiger partial charge in [0.1, 0.15) is 6.04 Å². The van der Waals surface area contributed by atoms with Gasteiger partial charge in [0.15, 0.2) is 0 Å². The molecule has 1 unspecified atom stereocenters. The number of hydrogen-bond donors (Lipinski definition) is 2. The lowest BCUT2D eigenvalue weighted by Gasteiger charge is -2.31. The molecule has 3 amide bonds. The fourth-order valence-electron chi connectivity index (χ4n) is 3.26. The molecule has 0 heterocycles. The maximum absolute atomic E-state index is 13.5. The first-order chi connectivity index (χ1) is 15.3. The molecule has 0 fully saturated rings. The zero-order valence-electron chi connectivity index (χ0n) is 17.6. The van der Waals surface area contributed by atoms with Crippen molar-refractivity contribution in [2.24, 2.45) is 10.8 Å². The van der Waals surface area contributed by atoms with Crippen molar-refractivity contribution >= 4 is 46.5 Å². The van der Waals surface area contributed by atoms with Crippen molar-refractivity contribution in [1.82, 2.24) is 10.3 Å². The molecule has 2 aromatic carbocycles. The van der Waals surface area contributed by atoms with Gasteiger partial charge in [0, 0.05) is 35.4 Å². The van der Waals surface area contributed by atoms with Crippen molar-refractivity contribution < 1.29 is 9.59 Å². The fourth-order valence-corrected chi connectivity index (χ4v) is 3.63. The Kier molecular flexibility index (Phi) is 7.56. The molecule has 3 rings (SSSR count). The SMILES string of the molecule is CN(C)N=C1C=CC(NC(=O)C(c2ccccc2Cl)N(C(N)=O)c2ccc(Cl)cc2)C=C1. The summed E-state index contributed by atoms with van der Waals surface area (Å²) in [5, 5.41) is 9.74. The minimum absolute atomic E-state index is 0.336. The Bertz CT molecular complexity index is 1060. The number of benzene rings is 2. The summed E-state index contributed by atoms with van der Waals surface area (Å²) < 4.78 is 0. The summed E-state index contributed by atoms with van der Waals surface area (Å²) in [6.07, 6.45) is 7.22. The van der Waals surface area contributed by atoms with Crippen LogP contribution in [-0.4, -0.2) is 42.8 Å². The van der Waals surface area contributed by atoms with Crippen LogP contribution < -0.4 is 16.0 Å². The molecule has 0 radical (unpaired) electrons. The molecule has 0 aliphatic heterocycles. The average molecular weight is 472 g/mol. The van der Waals surface area contributed by atoms with E-state index in [-0.39, 0.29) is 0 Å². The van der Waals surface area contributed by atoms with Crippen molar-refractivity contribution in [3.63, 3.8) is 0 Å². The Morgan fingerprint density at radius 3 is 2.22 bits per heavy atom. The normalized spacial score (nSPS) is 15.8. The van der Waals surface area contributed by atoms with Crippen LogP contribution in [0.5, 0.6) is 0 Å². The van der Waals surface area contributed by atoms with Crippen molar-refractivity contribution in [3.8, 4) is 0 Å². The summed E-state index contributed by atoms with van der Waals surface area (Å²) in [6.45, 7) is 0. The molecule has 1 aliphatic rings. The van der Waals surface area contributed by atoms with Gasteiger partial charge in [0.2, 0.25) is 5.91 Å². The van der Waals surface area contributed by atoms with E-state index in [0.29, 0.717) is 21.3 Å². The van der Waals surface area contributed by atoms with Gasteiger partial charge in [0.25, 0.3) is 0 Å². The third-order valence-corrected chi connectivity index (χ3v) is 5.22. The third-order valence-electron chi connectivity index (χ3n) is 4.62. The van der Waals surface area contributed by atoms with Crippen LogP contribution in [0.3, 0.4) is 0 Å². The van der Waals surface area contributed by atoms with Crippen LogP contribution in [0, 0.1) is 0 Å². The van der Waals surface area contributed by atoms with Crippen LogP contribution in [0.4, 0.5) is 10.5 Å². The summed E-state index contributed by atoms with van der Waals surface area (Å²) >= 11 is 12.4. The molecule has 166 valence electrons. The number of hydrogen-bond acceptors (Lipinski definition) is 4. The Hall–Kier alpha value is -3.29. The predicted octanol–water partition coefficient (Wildman–Crippen LogP) is 4.15. The number of carbonyl (C=O) groups is 2. The highest BCUT2D eigenvalue weighted by molar-refractivity contribution is 6.32. The second-order valence-electron chi connectivity index (χ2n) is 7.23. The lowest BCUT2D eigenvalue weighted by Crippen LogP contribution is -2.48. The number of carbonyl (C=O) groups excluding carboxylic acids is 2. The Balaban J connectivity index is 1.95. The van der Waals surface area contributed by atoms with Crippen LogP contribution >= 0.6 is 23.2 Å². The lowest BCUT2D eigenvalue weighted by molar-refractivity contribution is -0.122. The lowest BCUT2D eigenvalue weighted by atomic mass is 10.0. The van der Waals surface area contributed by atoms with Crippen LogP contribution in [0.25, 0.3) is 0 Å². The second kappa shape index (κ2) is 10.3. The van der Waals surface area contributed by atoms with Gasteiger partial charge in [-0.2, -0.15) is 5.10 Å². The largest absolute Gasteiger partial charge is 0.351 e. The first-order valence-corrected chi connectivity index (χ1v) is 10.5. The Morgan fingerprint density at radius 2 is 1.66 bits per heavy atom. The van der Waals surface area contributed by atoms with Gasteiger partial charge in [-0.05, 0) is 42.5 Å². The number of anilines is 1. The van der Waals surface area contributed by atoms with Crippen LogP contribution in [0.2, 0.25) is 10.0 Å². The van der Waals surface area contributed by atoms with Gasteiger partial charge in [-0.15, -0.1) is 0 Å².